The molecule has 0 aliphatic carbocycles. The fraction of sp³-hybridized carbons (Fsp3) is 0.143. The Morgan fingerprint density at radius 1 is 0.750 bits per heavy atom. The summed E-state index contributed by atoms with van der Waals surface area (Å²) in [6.45, 7) is 0. The highest BCUT2D eigenvalue weighted by molar-refractivity contribution is 9.10. The van der Waals surface area contributed by atoms with Crippen LogP contribution < -0.4 is 0 Å². The Morgan fingerprint density at radius 3 is 1.69 bits per heavy atom. The van der Waals surface area contributed by atoms with Crippen LogP contribution in [0.25, 0.3) is 0 Å². The van der Waals surface area contributed by atoms with E-state index >= 15 is 0 Å². The van der Waals surface area contributed by atoms with Gasteiger partial charge in [-0.15, -0.1) is 11.6 Å². The van der Waals surface area contributed by atoms with Crippen molar-refractivity contribution in [1.82, 2.24) is 0 Å². The molecule has 0 heterocycles. The third-order valence-corrected chi connectivity index (χ3v) is 3.34. The van der Waals surface area contributed by atoms with Gasteiger partial charge in [0.2, 0.25) is 0 Å². The second kappa shape index (κ2) is 5.51. The highest BCUT2D eigenvalue weighted by Crippen LogP contribution is 2.15. The zero-order chi connectivity index (χ0) is 11.4. The Labute approximate surface area is 109 Å². The second-order valence-electron chi connectivity index (χ2n) is 3.75. The molecule has 0 unspecified atom stereocenters. The third-order valence-electron chi connectivity index (χ3n) is 2.50. The fourth-order valence-electron chi connectivity index (χ4n) is 1.58. The first-order valence-electron chi connectivity index (χ1n) is 5.16. The summed E-state index contributed by atoms with van der Waals surface area (Å²) in [6.07, 6.45) is 0.968. The van der Waals surface area contributed by atoms with E-state index in [1.54, 1.807) is 0 Å². The predicted molar refractivity (Wildman–Crippen MR) is 72.9 cm³/mol. The van der Waals surface area contributed by atoms with E-state index in [0.717, 1.165) is 10.9 Å². The van der Waals surface area contributed by atoms with Crippen molar-refractivity contribution in [1.29, 1.82) is 0 Å². The van der Waals surface area contributed by atoms with Crippen molar-refractivity contribution in [3.63, 3.8) is 0 Å². The summed E-state index contributed by atoms with van der Waals surface area (Å²) in [5.41, 5.74) is 3.80. The number of alkyl halides is 1. The molecule has 0 saturated heterocycles. The molecule has 2 aromatic rings. The average Bonchev–Trinajstić information content (AvgIpc) is 2.33. The number of benzene rings is 2. The Balaban J connectivity index is 2.11. The first-order valence-corrected chi connectivity index (χ1v) is 6.49. The minimum atomic E-state index is 0.582. The van der Waals surface area contributed by atoms with Crippen LogP contribution in [0.15, 0.2) is 53.0 Å². The molecule has 2 aromatic carbocycles. The zero-order valence-corrected chi connectivity index (χ0v) is 11.1. The molecule has 0 fully saturated rings. The van der Waals surface area contributed by atoms with Crippen molar-refractivity contribution in [2.45, 2.75) is 12.3 Å². The van der Waals surface area contributed by atoms with E-state index in [1.165, 1.54) is 16.7 Å². The van der Waals surface area contributed by atoms with Crippen LogP contribution in [0.5, 0.6) is 0 Å². The molecule has 0 nitrogen and oxygen atoms in total. The molecule has 0 N–H and O–H groups in total. The summed E-state index contributed by atoms with van der Waals surface area (Å²) < 4.78 is 1.12. The summed E-state index contributed by atoms with van der Waals surface area (Å²) in [7, 11) is 0. The molecular weight excluding hydrogens is 284 g/mol. The van der Waals surface area contributed by atoms with Gasteiger partial charge in [-0.2, -0.15) is 0 Å². The first kappa shape index (κ1) is 11.7. The van der Waals surface area contributed by atoms with E-state index in [4.69, 9.17) is 11.6 Å². The summed E-state index contributed by atoms with van der Waals surface area (Å²) >= 11 is 9.19. The van der Waals surface area contributed by atoms with Crippen molar-refractivity contribution < 1.29 is 0 Å². The summed E-state index contributed by atoms with van der Waals surface area (Å²) in [6, 6.07) is 16.9. The maximum Gasteiger partial charge on any atom is 0.0474 e. The standard InChI is InChI=1S/C14H12BrCl/c15-14-7-5-12(6-8-14)9-11-1-3-13(10-16)4-2-11/h1-8H,9-10H2. The molecule has 82 valence electrons. The van der Waals surface area contributed by atoms with Crippen LogP contribution in [0.1, 0.15) is 16.7 Å². The topological polar surface area (TPSA) is 0 Å². The van der Waals surface area contributed by atoms with E-state index in [0.29, 0.717) is 5.88 Å². The van der Waals surface area contributed by atoms with Gasteiger partial charge in [0, 0.05) is 10.4 Å². The van der Waals surface area contributed by atoms with E-state index in [9.17, 15) is 0 Å². The van der Waals surface area contributed by atoms with Crippen LogP contribution in [0, 0.1) is 0 Å². The Kier molecular flexibility index (Phi) is 4.03. The SMILES string of the molecule is ClCc1ccc(Cc2ccc(Br)cc2)cc1. The Hall–Kier alpha value is -0.790. The van der Waals surface area contributed by atoms with Gasteiger partial charge in [0.15, 0.2) is 0 Å². The van der Waals surface area contributed by atoms with Crippen molar-refractivity contribution >= 4 is 27.5 Å². The molecule has 0 aliphatic heterocycles. The molecule has 0 saturated carbocycles. The Bertz CT molecular complexity index is 445. The number of hydrogen-bond donors (Lipinski definition) is 0. The number of hydrogen-bond acceptors (Lipinski definition) is 0. The van der Waals surface area contributed by atoms with Gasteiger partial charge in [0.25, 0.3) is 0 Å². The molecule has 0 aromatic heterocycles. The van der Waals surface area contributed by atoms with Gasteiger partial charge >= 0.3 is 0 Å². The van der Waals surface area contributed by atoms with Crippen molar-refractivity contribution in [3.05, 3.63) is 69.7 Å². The van der Waals surface area contributed by atoms with Crippen molar-refractivity contribution in [2.75, 3.05) is 0 Å². The molecule has 16 heavy (non-hydrogen) atoms. The van der Waals surface area contributed by atoms with Crippen LogP contribution in [-0.2, 0) is 12.3 Å². The van der Waals surface area contributed by atoms with Crippen LogP contribution in [0.3, 0.4) is 0 Å². The van der Waals surface area contributed by atoms with Crippen LogP contribution >= 0.6 is 27.5 Å². The van der Waals surface area contributed by atoms with Crippen LogP contribution in [-0.4, -0.2) is 0 Å². The van der Waals surface area contributed by atoms with Crippen molar-refractivity contribution in [3.8, 4) is 0 Å². The predicted octanol–water partition coefficient (Wildman–Crippen LogP) is 4.78. The molecule has 0 aliphatic rings. The van der Waals surface area contributed by atoms with E-state index in [-0.39, 0.29) is 0 Å². The largest absolute Gasteiger partial charge is 0.122 e. The van der Waals surface area contributed by atoms with Gasteiger partial charge in [0.1, 0.15) is 0 Å². The Morgan fingerprint density at radius 2 is 1.19 bits per heavy atom. The zero-order valence-electron chi connectivity index (χ0n) is 8.79. The maximum absolute atomic E-state index is 5.75. The molecule has 0 radical (unpaired) electrons. The highest BCUT2D eigenvalue weighted by Gasteiger charge is 1.97. The lowest BCUT2D eigenvalue weighted by molar-refractivity contribution is 1.18. The van der Waals surface area contributed by atoms with Gasteiger partial charge in [-0.25, -0.2) is 0 Å². The highest BCUT2D eigenvalue weighted by atomic mass is 79.9. The lowest BCUT2D eigenvalue weighted by Gasteiger charge is -2.03. The normalized spacial score (nSPS) is 10.4. The lowest BCUT2D eigenvalue weighted by atomic mass is 10.0. The van der Waals surface area contributed by atoms with Crippen molar-refractivity contribution in [2.24, 2.45) is 0 Å². The van der Waals surface area contributed by atoms with Gasteiger partial charge in [-0.1, -0.05) is 52.3 Å². The fourth-order valence-corrected chi connectivity index (χ4v) is 2.03. The summed E-state index contributed by atoms with van der Waals surface area (Å²) in [4.78, 5) is 0. The smallest absolute Gasteiger partial charge is 0.0474 e. The average molecular weight is 296 g/mol. The maximum atomic E-state index is 5.75. The molecule has 0 bridgehead atoms. The molecule has 2 rings (SSSR count). The van der Waals surface area contributed by atoms with Gasteiger partial charge in [0.05, 0.1) is 0 Å². The lowest BCUT2D eigenvalue weighted by Crippen LogP contribution is -1.88. The van der Waals surface area contributed by atoms with E-state index in [2.05, 4.69) is 64.5 Å². The summed E-state index contributed by atoms with van der Waals surface area (Å²) in [5, 5.41) is 0. The second-order valence-corrected chi connectivity index (χ2v) is 4.94. The molecule has 0 spiro atoms. The van der Waals surface area contributed by atoms with Crippen LogP contribution in [0.4, 0.5) is 0 Å². The van der Waals surface area contributed by atoms with Gasteiger partial charge in [-0.05, 0) is 35.2 Å². The molecule has 0 atom stereocenters. The van der Waals surface area contributed by atoms with Gasteiger partial charge in [-0.3, -0.25) is 0 Å². The van der Waals surface area contributed by atoms with E-state index < -0.39 is 0 Å². The third kappa shape index (κ3) is 3.10. The monoisotopic (exact) mass is 294 g/mol. The minimum Gasteiger partial charge on any atom is -0.122 e. The molecule has 2 heteroatoms. The minimum absolute atomic E-state index is 0.582. The number of halogens is 2. The summed E-state index contributed by atoms with van der Waals surface area (Å²) in [5.74, 6) is 0.582. The number of rotatable bonds is 3. The van der Waals surface area contributed by atoms with Gasteiger partial charge < -0.3 is 0 Å². The quantitative estimate of drug-likeness (QED) is 0.715. The van der Waals surface area contributed by atoms with E-state index in [1.807, 2.05) is 0 Å². The molecule has 0 amide bonds. The first-order chi connectivity index (χ1) is 7.78. The van der Waals surface area contributed by atoms with Crippen LogP contribution in [0.2, 0.25) is 0 Å². The molecular formula is C14H12BrCl.